The van der Waals surface area contributed by atoms with Gasteiger partial charge in [0.05, 0.1) is 12.2 Å². The predicted octanol–water partition coefficient (Wildman–Crippen LogP) is 8.91. The topological polar surface area (TPSA) is 40.5 Å². The molecule has 0 amide bonds. The van der Waals surface area contributed by atoms with Gasteiger partial charge in [0.25, 0.3) is 0 Å². The summed E-state index contributed by atoms with van der Waals surface area (Å²) in [5.74, 6) is 4.79. The first-order chi connectivity index (χ1) is 17.7. The minimum absolute atomic E-state index is 0.0399. The Hall–Kier alpha value is -0.600. The second kappa shape index (κ2) is 13.5. The van der Waals surface area contributed by atoms with Gasteiger partial charge in [0.15, 0.2) is 0 Å². The van der Waals surface area contributed by atoms with Gasteiger partial charge < -0.3 is 10.2 Å². The average Bonchev–Trinajstić information content (AvgIpc) is 2.93. The van der Waals surface area contributed by atoms with Crippen molar-refractivity contribution in [1.82, 2.24) is 0 Å². The standard InChI is InChI=1S/C34H56O2/c35-31-19-15-29(16-20-31)33(27-7-3-1-4-8-27)23-25-11-13-26(14-12-25)24-34(28-9-5-2-6-10-28)30-17-21-32(36)22-18-30/h23-32,35-36H,1-22H2. The van der Waals surface area contributed by atoms with Gasteiger partial charge in [0, 0.05) is 0 Å². The van der Waals surface area contributed by atoms with Crippen LogP contribution in [0.3, 0.4) is 0 Å². The van der Waals surface area contributed by atoms with Gasteiger partial charge in [-0.05, 0) is 138 Å². The van der Waals surface area contributed by atoms with Crippen molar-refractivity contribution in [2.24, 2.45) is 35.5 Å². The molecule has 5 aliphatic rings. The molecule has 0 aliphatic heterocycles. The Kier molecular flexibility index (Phi) is 10.1. The summed E-state index contributed by atoms with van der Waals surface area (Å²) in [6.45, 7) is 0. The van der Waals surface area contributed by atoms with E-state index in [1.54, 1.807) is 0 Å². The Morgan fingerprint density at radius 1 is 0.361 bits per heavy atom. The van der Waals surface area contributed by atoms with E-state index >= 15 is 0 Å². The lowest BCUT2D eigenvalue weighted by atomic mass is 9.69. The van der Waals surface area contributed by atoms with Crippen LogP contribution in [0.15, 0.2) is 23.3 Å². The first-order valence-electron chi connectivity index (χ1n) is 16.4. The summed E-state index contributed by atoms with van der Waals surface area (Å²) in [5.41, 5.74) is 3.67. The van der Waals surface area contributed by atoms with E-state index in [0.717, 1.165) is 61.2 Å². The van der Waals surface area contributed by atoms with Crippen LogP contribution in [0.1, 0.15) is 141 Å². The van der Waals surface area contributed by atoms with Gasteiger partial charge >= 0.3 is 0 Å². The molecule has 5 fully saturated rings. The molecule has 0 bridgehead atoms. The summed E-state index contributed by atoms with van der Waals surface area (Å²) in [5, 5.41) is 20.2. The maximum atomic E-state index is 10.1. The lowest BCUT2D eigenvalue weighted by molar-refractivity contribution is 0.112. The molecule has 2 heteroatoms. The van der Waals surface area contributed by atoms with E-state index in [0.29, 0.717) is 0 Å². The lowest BCUT2D eigenvalue weighted by Crippen LogP contribution is -2.25. The highest BCUT2D eigenvalue weighted by molar-refractivity contribution is 5.17. The third-order valence-electron chi connectivity index (χ3n) is 11.2. The van der Waals surface area contributed by atoms with Gasteiger partial charge in [-0.3, -0.25) is 0 Å². The molecule has 0 radical (unpaired) electrons. The largest absolute Gasteiger partial charge is 0.393 e. The smallest absolute Gasteiger partial charge is 0.0540 e. The maximum Gasteiger partial charge on any atom is 0.0540 e. The zero-order valence-electron chi connectivity index (χ0n) is 23.2. The molecule has 0 atom stereocenters. The molecule has 204 valence electrons. The van der Waals surface area contributed by atoms with Crippen LogP contribution >= 0.6 is 0 Å². The Balaban J connectivity index is 1.24. The maximum absolute atomic E-state index is 10.1. The molecule has 0 aromatic rings. The molecule has 2 N–H and O–H groups in total. The first kappa shape index (κ1) is 27.0. The molecule has 0 heterocycles. The highest BCUT2D eigenvalue weighted by Gasteiger charge is 2.32. The van der Waals surface area contributed by atoms with Gasteiger partial charge in [-0.2, -0.15) is 0 Å². The number of rotatable bonds is 6. The van der Waals surface area contributed by atoms with Gasteiger partial charge in [-0.1, -0.05) is 61.8 Å². The van der Waals surface area contributed by atoms with Crippen LogP contribution in [-0.2, 0) is 0 Å². The van der Waals surface area contributed by atoms with Crippen LogP contribution in [0, 0.1) is 35.5 Å². The van der Waals surface area contributed by atoms with Gasteiger partial charge in [0.2, 0.25) is 0 Å². The highest BCUT2D eigenvalue weighted by atomic mass is 16.3. The SMILES string of the molecule is OC1CCC(C(=CC2CCC(C=C(C3CCCCC3)C3CCC(O)CC3)CC2)C2CCCCC2)CC1. The summed E-state index contributed by atoms with van der Waals surface area (Å²) in [4.78, 5) is 0. The van der Waals surface area contributed by atoms with Crippen LogP contribution in [0.4, 0.5) is 0 Å². The summed E-state index contributed by atoms with van der Waals surface area (Å²) >= 11 is 0. The summed E-state index contributed by atoms with van der Waals surface area (Å²) in [7, 11) is 0. The molecule has 5 rings (SSSR count). The van der Waals surface area contributed by atoms with Gasteiger partial charge in [0.1, 0.15) is 0 Å². The molecule has 0 saturated heterocycles. The Bertz CT molecular complexity index is 639. The normalized spacial score (nSPS) is 38.7. The van der Waals surface area contributed by atoms with Gasteiger partial charge in [-0.15, -0.1) is 0 Å². The fourth-order valence-electron chi connectivity index (χ4n) is 8.92. The highest BCUT2D eigenvalue weighted by Crippen LogP contribution is 2.44. The second-order valence-electron chi connectivity index (χ2n) is 13.7. The Labute approximate surface area is 222 Å². The molecular weight excluding hydrogens is 440 g/mol. The summed E-state index contributed by atoms with van der Waals surface area (Å²) in [6, 6.07) is 0. The van der Waals surface area contributed by atoms with Crippen molar-refractivity contribution in [3.05, 3.63) is 23.3 Å². The quantitative estimate of drug-likeness (QED) is 0.360. The monoisotopic (exact) mass is 496 g/mol. The van der Waals surface area contributed by atoms with Crippen LogP contribution in [0.2, 0.25) is 0 Å². The van der Waals surface area contributed by atoms with E-state index in [1.165, 1.54) is 116 Å². The second-order valence-corrected chi connectivity index (χ2v) is 13.7. The third-order valence-corrected chi connectivity index (χ3v) is 11.2. The Morgan fingerprint density at radius 3 is 1.00 bits per heavy atom. The molecular formula is C34H56O2. The lowest BCUT2D eigenvalue weighted by Gasteiger charge is -2.37. The molecule has 0 unspecified atom stereocenters. The fraction of sp³-hybridized carbons (Fsp3) is 0.882. The number of allylic oxidation sites excluding steroid dienone is 4. The van der Waals surface area contributed by atoms with Crippen molar-refractivity contribution < 1.29 is 10.2 Å². The first-order valence-corrected chi connectivity index (χ1v) is 16.4. The van der Waals surface area contributed by atoms with E-state index < -0.39 is 0 Å². The minimum Gasteiger partial charge on any atom is -0.393 e. The predicted molar refractivity (Wildman–Crippen MR) is 151 cm³/mol. The van der Waals surface area contributed by atoms with E-state index in [9.17, 15) is 10.2 Å². The summed E-state index contributed by atoms with van der Waals surface area (Å²) < 4.78 is 0. The van der Waals surface area contributed by atoms with Crippen LogP contribution in [0.25, 0.3) is 0 Å². The number of hydrogen-bond acceptors (Lipinski definition) is 2. The summed E-state index contributed by atoms with van der Waals surface area (Å²) in [6.07, 6.45) is 34.3. The molecule has 2 nitrogen and oxygen atoms in total. The van der Waals surface area contributed by atoms with Crippen molar-refractivity contribution in [3.8, 4) is 0 Å². The zero-order valence-corrected chi connectivity index (χ0v) is 23.2. The van der Waals surface area contributed by atoms with E-state index in [-0.39, 0.29) is 12.2 Å². The van der Waals surface area contributed by atoms with Gasteiger partial charge in [-0.25, -0.2) is 0 Å². The molecule has 0 aromatic heterocycles. The minimum atomic E-state index is -0.0399. The zero-order chi connectivity index (χ0) is 24.7. The number of aliphatic hydroxyl groups is 2. The van der Waals surface area contributed by atoms with Crippen molar-refractivity contribution in [1.29, 1.82) is 0 Å². The fourth-order valence-corrected chi connectivity index (χ4v) is 8.92. The van der Waals surface area contributed by atoms with Crippen molar-refractivity contribution in [2.75, 3.05) is 0 Å². The van der Waals surface area contributed by atoms with Crippen molar-refractivity contribution >= 4 is 0 Å². The van der Waals surface area contributed by atoms with Crippen molar-refractivity contribution in [2.45, 2.75) is 153 Å². The molecule has 0 spiro atoms. The third kappa shape index (κ3) is 7.28. The van der Waals surface area contributed by atoms with Crippen LogP contribution in [-0.4, -0.2) is 22.4 Å². The van der Waals surface area contributed by atoms with Crippen LogP contribution < -0.4 is 0 Å². The van der Waals surface area contributed by atoms with Crippen LogP contribution in [0.5, 0.6) is 0 Å². The van der Waals surface area contributed by atoms with Crippen molar-refractivity contribution in [3.63, 3.8) is 0 Å². The average molecular weight is 497 g/mol. The van der Waals surface area contributed by atoms with E-state index in [4.69, 9.17) is 0 Å². The number of hydrogen-bond donors (Lipinski definition) is 2. The van der Waals surface area contributed by atoms with E-state index in [1.807, 2.05) is 11.1 Å². The van der Waals surface area contributed by atoms with E-state index in [2.05, 4.69) is 12.2 Å². The molecule has 5 saturated carbocycles. The Morgan fingerprint density at radius 2 is 0.667 bits per heavy atom. The molecule has 0 aromatic carbocycles. The number of aliphatic hydroxyl groups excluding tert-OH is 2. The molecule has 36 heavy (non-hydrogen) atoms. The molecule has 5 aliphatic carbocycles.